The number of benzene rings is 1. The van der Waals surface area contributed by atoms with E-state index in [0.717, 1.165) is 32.0 Å². The fourth-order valence-corrected chi connectivity index (χ4v) is 5.45. The van der Waals surface area contributed by atoms with E-state index in [2.05, 4.69) is 25.4 Å². The summed E-state index contributed by atoms with van der Waals surface area (Å²) in [4.78, 5) is 18.7. The number of rotatable bonds is 5. The molecular formula is C19H25FN6O3S. The summed E-state index contributed by atoms with van der Waals surface area (Å²) in [5.41, 5.74) is 0. The maximum absolute atomic E-state index is 13.9. The van der Waals surface area contributed by atoms with Crippen molar-refractivity contribution < 1.29 is 17.6 Å². The smallest absolute Gasteiger partial charge is 0.246 e. The Labute approximate surface area is 174 Å². The van der Waals surface area contributed by atoms with Gasteiger partial charge in [0.1, 0.15) is 10.7 Å². The summed E-state index contributed by atoms with van der Waals surface area (Å²) >= 11 is 0. The Morgan fingerprint density at radius 1 is 1.10 bits per heavy atom. The minimum absolute atomic E-state index is 0.157. The predicted molar refractivity (Wildman–Crippen MR) is 109 cm³/mol. The van der Waals surface area contributed by atoms with Crippen LogP contribution in [-0.2, 0) is 14.8 Å². The largest absolute Gasteiger partial charge is 0.340 e. The topological polar surface area (TPSA) is 111 Å². The van der Waals surface area contributed by atoms with E-state index in [9.17, 15) is 17.6 Å². The molecule has 1 aromatic heterocycles. The third-order valence-corrected chi connectivity index (χ3v) is 7.57. The maximum atomic E-state index is 13.9. The third kappa shape index (κ3) is 4.31. The number of nitrogens with zero attached hydrogens (tertiary/aromatic N) is 4. The van der Waals surface area contributed by atoms with E-state index >= 15 is 0 Å². The quantitative estimate of drug-likeness (QED) is 0.741. The molecule has 11 heteroatoms. The second-order valence-electron chi connectivity index (χ2n) is 7.63. The number of sulfonamides is 1. The van der Waals surface area contributed by atoms with Gasteiger partial charge in [-0.2, -0.15) is 9.29 Å². The van der Waals surface area contributed by atoms with Gasteiger partial charge < -0.3 is 4.90 Å². The predicted octanol–water partition coefficient (Wildman–Crippen LogP) is 1.97. The molecule has 0 aliphatic carbocycles. The molecule has 2 N–H and O–H groups in total. The van der Waals surface area contributed by atoms with E-state index < -0.39 is 15.8 Å². The van der Waals surface area contributed by atoms with Crippen LogP contribution in [0, 0.1) is 11.7 Å². The number of anilines is 2. The van der Waals surface area contributed by atoms with Gasteiger partial charge in [-0.05, 0) is 44.2 Å². The molecule has 0 unspecified atom stereocenters. The average Bonchev–Trinajstić information content (AvgIpc) is 3.23. The lowest BCUT2D eigenvalue weighted by Gasteiger charge is -2.30. The molecule has 4 rings (SSSR count). The Hall–Kier alpha value is -2.53. The van der Waals surface area contributed by atoms with Gasteiger partial charge in [0.15, 0.2) is 0 Å². The van der Waals surface area contributed by atoms with Crippen LogP contribution in [0.2, 0.25) is 0 Å². The molecule has 1 amide bonds. The van der Waals surface area contributed by atoms with E-state index in [1.165, 1.54) is 28.9 Å². The molecule has 2 saturated heterocycles. The number of nitrogens with one attached hydrogen (secondary N) is 2. The highest BCUT2D eigenvalue weighted by molar-refractivity contribution is 7.89. The van der Waals surface area contributed by atoms with Gasteiger partial charge in [0.25, 0.3) is 0 Å². The van der Waals surface area contributed by atoms with Crippen LogP contribution < -0.4 is 10.2 Å². The zero-order valence-electron chi connectivity index (χ0n) is 16.6. The van der Waals surface area contributed by atoms with Crippen LogP contribution in [-0.4, -0.2) is 60.0 Å². The molecule has 1 aromatic carbocycles. The summed E-state index contributed by atoms with van der Waals surface area (Å²) in [5.74, 6) is -0.468. The normalized spacial score (nSPS) is 19.0. The first-order valence-corrected chi connectivity index (χ1v) is 11.6. The molecule has 9 nitrogen and oxygen atoms in total. The maximum Gasteiger partial charge on any atom is 0.246 e. The Bertz CT molecular complexity index is 997. The minimum atomic E-state index is -3.92. The molecule has 30 heavy (non-hydrogen) atoms. The zero-order chi connectivity index (χ0) is 21.1. The van der Waals surface area contributed by atoms with Crippen LogP contribution in [0.1, 0.15) is 32.1 Å². The molecule has 0 saturated carbocycles. The molecule has 0 bridgehead atoms. The van der Waals surface area contributed by atoms with Crippen molar-refractivity contribution in [1.29, 1.82) is 0 Å². The SMILES string of the molecule is O=C(Nc1nc(N2CCCCC2)n[nH]1)C1CCN(S(=O)(=O)c2ccccc2F)CC1. The van der Waals surface area contributed by atoms with Crippen molar-refractivity contribution in [3.05, 3.63) is 30.1 Å². The van der Waals surface area contributed by atoms with Crippen LogP contribution in [0.15, 0.2) is 29.2 Å². The van der Waals surface area contributed by atoms with Crippen LogP contribution in [0.3, 0.4) is 0 Å². The van der Waals surface area contributed by atoms with Gasteiger partial charge in [-0.3, -0.25) is 10.1 Å². The number of aromatic nitrogens is 3. The molecule has 3 heterocycles. The number of aromatic amines is 1. The summed E-state index contributed by atoms with van der Waals surface area (Å²) in [7, 11) is -3.92. The number of piperidine rings is 2. The number of hydrogen-bond acceptors (Lipinski definition) is 6. The van der Waals surface area contributed by atoms with Gasteiger partial charge >= 0.3 is 0 Å². The van der Waals surface area contributed by atoms with Crippen LogP contribution in [0.25, 0.3) is 0 Å². The Morgan fingerprint density at radius 2 is 1.80 bits per heavy atom. The highest BCUT2D eigenvalue weighted by Gasteiger charge is 2.33. The summed E-state index contributed by atoms with van der Waals surface area (Å²) < 4.78 is 40.5. The number of carbonyl (C=O) groups is 1. The summed E-state index contributed by atoms with van der Waals surface area (Å²) in [5, 5.41) is 9.67. The van der Waals surface area contributed by atoms with Gasteiger partial charge in [-0.15, -0.1) is 5.10 Å². The minimum Gasteiger partial charge on any atom is -0.340 e. The number of carbonyl (C=O) groups excluding carboxylic acids is 1. The fourth-order valence-electron chi connectivity index (χ4n) is 3.91. The number of amides is 1. The van der Waals surface area contributed by atoms with Crippen LogP contribution in [0.4, 0.5) is 16.3 Å². The highest BCUT2D eigenvalue weighted by atomic mass is 32.2. The van der Waals surface area contributed by atoms with E-state index in [-0.39, 0.29) is 29.8 Å². The Balaban J connectivity index is 1.33. The van der Waals surface area contributed by atoms with Gasteiger partial charge in [0.2, 0.25) is 27.8 Å². The molecule has 2 aliphatic heterocycles. The standard InChI is InChI=1S/C19H25FN6O3S/c20-15-6-2-3-7-16(15)30(28,29)26-12-8-14(9-13-26)17(27)21-18-22-19(24-23-18)25-10-4-1-5-11-25/h2-3,6-7,14H,1,4-5,8-13H2,(H2,21,22,23,24,27). The third-order valence-electron chi connectivity index (χ3n) is 5.63. The Morgan fingerprint density at radius 3 is 2.50 bits per heavy atom. The second-order valence-corrected chi connectivity index (χ2v) is 9.54. The van der Waals surface area contributed by atoms with Gasteiger partial charge in [-0.1, -0.05) is 12.1 Å². The van der Waals surface area contributed by atoms with Crippen LogP contribution in [0.5, 0.6) is 0 Å². The van der Waals surface area contributed by atoms with Gasteiger partial charge in [0, 0.05) is 32.1 Å². The summed E-state index contributed by atoms with van der Waals surface area (Å²) in [6, 6.07) is 5.33. The zero-order valence-corrected chi connectivity index (χ0v) is 17.4. The van der Waals surface area contributed by atoms with Crippen molar-refractivity contribution in [2.45, 2.75) is 37.0 Å². The second kappa shape index (κ2) is 8.68. The first-order chi connectivity index (χ1) is 14.4. The molecule has 0 radical (unpaired) electrons. The summed E-state index contributed by atoms with van der Waals surface area (Å²) in [6.07, 6.45) is 4.12. The molecule has 0 spiro atoms. The van der Waals surface area contributed by atoms with E-state index in [1.807, 2.05) is 0 Å². The van der Waals surface area contributed by atoms with Crippen molar-refractivity contribution in [3.8, 4) is 0 Å². The lowest BCUT2D eigenvalue weighted by Crippen LogP contribution is -2.41. The van der Waals surface area contributed by atoms with E-state index in [4.69, 9.17) is 0 Å². The van der Waals surface area contributed by atoms with Gasteiger partial charge in [0.05, 0.1) is 0 Å². The van der Waals surface area contributed by atoms with Crippen molar-refractivity contribution in [3.63, 3.8) is 0 Å². The number of hydrogen-bond donors (Lipinski definition) is 2. The number of halogens is 1. The molecular weight excluding hydrogens is 411 g/mol. The number of H-pyrrole nitrogens is 1. The van der Waals surface area contributed by atoms with E-state index in [0.29, 0.717) is 24.7 Å². The van der Waals surface area contributed by atoms with Gasteiger partial charge in [-0.25, -0.2) is 17.9 Å². The average molecular weight is 437 g/mol. The van der Waals surface area contributed by atoms with Crippen molar-refractivity contribution in [2.24, 2.45) is 5.92 Å². The molecule has 0 atom stereocenters. The Kier molecular flexibility index (Phi) is 6.00. The van der Waals surface area contributed by atoms with Crippen molar-refractivity contribution >= 4 is 27.8 Å². The molecule has 162 valence electrons. The first-order valence-electron chi connectivity index (χ1n) is 10.2. The molecule has 2 aromatic rings. The van der Waals surface area contributed by atoms with Crippen LogP contribution >= 0.6 is 0 Å². The van der Waals surface area contributed by atoms with Crippen molar-refractivity contribution in [2.75, 3.05) is 36.4 Å². The fraction of sp³-hybridized carbons (Fsp3) is 0.526. The highest BCUT2D eigenvalue weighted by Crippen LogP contribution is 2.26. The monoisotopic (exact) mass is 436 g/mol. The summed E-state index contributed by atoms with van der Waals surface area (Å²) in [6.45, 7) is 2.12. The lowest BCUT2D eigenvalue weighted by atomic mass is 9.97. The van der Waals surface area contributed by atoms with E-state index in [1.54, 1.807) is 0 Å². The first kappa shape index (κ1) is 20.7. The molecule has 2 fully saturated rings. The van der Waals surface area contributed by atoms with Crippen molar-refractivity contribution in [1.82, 2.24) is 19.5 Å². The lowest BCUT2D eigenvalue weighted by molar-refractivity contribution is -0.121. The molecule has 2 aliphatic rings.